The summed E-state index contributed by atoms with van der Waals surface area (Å²) >= 11 is 0. The van der Waals surface area contributed by atoms with Crippen molar-refractivity contribution in [2.45, 2.75) is 19.0 Å². The van der Waals surface area contributed by atoms with E-state index in [1.165, 1.54) is 4.68 Å². The number of nitrogens with zero attached hydrogens (tertiary/aromatic N) is 2. The summed E-state index contributed by atoms with van der Waals surface area (Å²) in [6.45, 7) is 0.774. The van der Waals surface area contributed by atoms with Gasteiger partial charge in [-0.25, -0.2) is 0 Å². The van der Waals surface area contributed by atoms with Crippen molar-refractivity contribution in [1.29, 1.82) is 0 Å². The normalized spacial score (nSPS) is 17.1. The maximum Gasteiger partial charge on any atom is 0.239 e. The maximum atomic E-state index is 10.9. The summed E-state index contributed by atoms with van der Waals surface area (Å²) in [5.74, 6) is 0.511. The molecule has 0 aliphatic carbocycles. The first-order valence-corrected chi connectivity index (χ1v) is 6.51. The lowest BCUT2D eigenvalue weighted by Gasteiger charge is -2.26. The van der Waals surface area contributed by atoms with Crippen molar-refractivity contribution >= 4 is 11.6 Å². The summed E-state index contributed by atoms with van der Waals surface area (Å²) in [6.07, 6.45) is 4.36. The van der Waals surface area contributed by atoms with Gasteiger partial charge in [-0.3, -0.25) is 9.48 Å². The molecule has 0 fully saturated rings. The minimum Gasteiger partial charge on any atom is -0.493 e. The van der Waals surface area contributed by atoms with E-state index in [4.69, 9.17) is 10.5 Å². The molecule has 3 rings (SSSR count). The molecule has 2 heterocycles. The number of amides is 1. The fourth-order valence-corrected chi connectivity index (χ4v) is 2.38. The number of hydrogen-bond acceptors (Lipinski definition) is 4. The third-order valence-corrected chi connectivity index (χ3v) is 3.25. The summed E-state index contributed by atoms with van der Waals surface area (Å²) in [7, 11) is 0. The zero-order valence-corrected chi connectivity index (χ0v) is 11.0. The Morgan fingerprint density at radius 3 is 3.20 bits per heavy atom. The van der Waals surface area contributed by atoms with Gasteiger partial charge < -0.3 is 15.8 Å². The number of aromatic nitrogens is 2. The van der Waals surface area contributed by atoms with Crippen molar-refractivity contribution in [2.75, 3.05) is 11.9 Å². The number of hydrogen-bond donors (Lipinski definition) is 2. The predicted molar refractivity (Wildman–Crippen MR) is 74.3 cm³/mol. The molecule has 1 aliphatic rings. The number of benzene rings is 1. The molecule has 1 unspecified atom stereocenters. The molecule has 3 N–H and O–H groups in total. The molecular formula is C14H16N4O2. The van der Waals surface area contributed by atoms with Crippen molar-refractivity contribution in [3.05, 3.63) is 42.2 Å². The van der Waals surface area contributed by atoms with Gasteiger partial charge in [0.15, 0.2) is 0 Å². The van der Waals surface area contributed by atoms with Gasteiger partial charge in [-0.1, -0.05) is 18.2 Å². The van der Waals surface area contributed by atoms with E-state index in [0.29, 0.717) is 6.61 Å². The van der Waals surface area contributed by atoms with E-state index in [1.54, 1.807) is 12.4 Å². The van der Waals surface area contributed by atoms with Crippen LogP contribution in [-0.4, -0.2) is 22.3 Å². The average molecular weight is 272 g/mol. The summed E-state index contributed by atoms with van der Waals surface area (Å²) in [4.78, 5) is 10.9. The molecule has 1 aliphatic heterocycles. The van der Waals surface area contributed by atoms with Crippen molar-refractivity contribution < 1.29 is 9.53 Å². The number of nitrogens with two attached hydrogens (primary N) is 1. The molecule has 1 aromatic heterocycles. The second kappa shape index (κ2) is 5.24. The molecule has 6 heteroatoms. The van der Waals surface area contributed by atoms with E-state index in [-0.39, 0.29) is 12.6 Å². The molecule has 1 amide bonds. The van der Waals surface area contributed by atoms with Gasteiger partial charge in [0.25, 0.3) is 0 Å². The Balaban J connectivity index is 1.75. The van der Waals surface area contributed by atoms with Gasteiger partial charge in [0.05, 0.1) is 24.5 Å². The highest BCUT2D eigenvalue weighted by atomic mass is 16.5. The Labute approximate surface area is 116 Å². The minimum absolute atomic E-state index is 0.0893. The van der Waals surface area contributed by atoms with Gasteiger partial charge in [-0.15, -0.1) is 0 Å². The van der Waals surface area contributed by atoms with E-state index in [0.717, 1.165) is 23.4 Å². The van der Waals surface area contributed by atoms with E-state index in [9.17, 15) is 4.79 Å². The molecule has 104 valence electrons. The van der Waals surface area contributed by atoms with Crippen LogP contribution < -0.4 is 15.8 Å². The van der Waals surface area contributed by atoms with Crippen LogP contribution in [0.2, 0.25) is 0 Å². The van der Waals surface area contributed by atoms with Crippen molar-refractivity contribution in [2.24, 2.45) is 5.73 Å². The van der Waals surface area contributed by atoms with Gasteiger partial charge in [-0.05, 0) is 6.07 Å². The number of rotatable bonds is 4. The van der Waals surface area contributed by atoms with Gasteiger partial charge >= 0.3 is 0 Å². The molecule has 0 bridgehead atoms. The zero-order chi connectivity index (χ0) is 13.9. The Morgan fingerprint density at radius 1 is 1.50 bits per heavy atom. The Kier molecular flexibility index (Phi) is 3.28. The van der Waals surface area contributed by atoms with Crippen LogP contribution in [0.4, 0.5) is 5.69 Å². The molecule has 0 radical (unpaired) electrons. The lowest BCUT2D eigenvalue weighted by molar-refractivity contribution is -0.118. The summed E-state index contributed by atoms with van der Waals surface area (Å²) < 4.78 is 7.15. The van der Waals surface area contributed by atoms with Gasteiger partial charge in [0, 0.05) is 18.2 Å². The van der Waals surface area contributed by atoms with Crippen molar-refractivity contribution in [1.82, 2.24) is 9.78 Å². The van der Waals surface area contributed by atoms with Crippen molar-refractivity contribution in [3.8, 4) is 5.75 Å². The molecule has 6 nitrogen and oxygen atoms in total. The molecule has 1 atom stereocenters. The molecule has 0 spiro atoms. The largest absolute Gasteiger partial charge is 0.493 e. The lowest BCUT2D eigenvalue weighted by atomic mass is 10.0. The first kappa shape index (κ1) is 12.5. The van der Waals surface area contributed by atoms with Crippen LogP contribution in [0, 0.1) is 0 Å². The smallest absolute Gasteiger partial charge is 0.239 e. The molecule has 1 aromatic carbocycles. The number of para-hydroxylation sites is 1. The third kappa shape index (κ3) is 2.59. The molecule has 20 heavy (non-hydrogen) atoms. The van der Waals surface area contributed by atoms with Crippen LogP contribution in [0.3, 0.4) is 0 Å². The van der Waals surface area contributed by atoms with Gasteiger partial charge in [-0.2, -0.15) is 5.10 Å². The Hall–Kier alpha value is -2.50. The quantitative estimate of drug-likeness (QED) is 0.879. The number of fused-ring (bicyclic) bond motifs is 1. The van der Waals surface area contributed by atoms with E-state index >= 15 is 0 Å². The van der Waals surface area contributed by atoms with Crippen LogP contribution >= 0.6 is 0 Å². The highest BCUT2D eigenvalue weighted by molar-refractivity contribution is 5.73. The first-order chi connectivity index (χ1) is 9.72. The Morgan fingerprint density at radius 2 is 2.35 bits per heavy atom. The molecule has 0 saturated heterocycles. The zero-order valence-electron chi connectivity index (χ0n) is 11.0. The fraction of sp³-hybridized carbons (Fsp3) is 0.286. The van der Waals surface area contributed by atoms with E-state index < -0.39 is 5.91 Å². The summed E-state index contributed by atoms with van der Waals surface area (Å²) in [6, 6.07) is 8.18. The highest BCUT2D eigenvalue weighted by Crippen LogP contribution is 2.33. The monoisotopic (exact) mass is 272 g/mol. The fourth-order valence-electron chi connectivity index (χ4n) is 2.38. The number of primary amides is 1. The van der Waals surface area contributed by atoms with Crippen LogP contribution in [0.1, 0.15) is 18.0 Å². The summed E-state index contributed by atoms with van der Waals surface area (Å²) in [5, 5.41) is 7.52. The lowest BCUT2D eigenvalue weighted by Crippen LogP contribution is -2.20. The molecule has 2 aromatic rings. The minimum atomic E-state index is -0.406. The Bertz CT molecular complexity index is 623. The van der Waals surface area contributed by atoms with Gasteiger partial charge in [0.2, 0.25) is 5.91 Å². The summed E-state index contributed by atoms with van der Waals surface area (Å²) in [5.41, 5.74) is 7.15. The van der Waals surface area contributed by atoms with E-state index in [2.05, 4.69) is 16.5 Å². The predicted octanol–water partition coefficient (Wildman–Crippen LogP) is 1.30. The van der Waals surface area contributed by atoms with E-state index in [1.807, 2.05) is 18.2 Å². The van der Waals surface area contributed by atoms with Crippen molar-refractivity contribution in [3.63, 3.8) is 0 Å². The third-order valence-electron chi connectivity index (χ3n) is 3.25. The van der Waals surface area contributed by atoms with Crippen LogP contribution in [0.25, 0.3) is 0 Å². The second-order valence-electron chi connectivity index (χ2n) is 4.76. The average Bonchev–Trinajstić information content (AvgIpc) is 2.86. The number of ether oxygens (including phenoxy) is 1. The number of carbonyl (C=O) groups is 1. The molecule has 0 saturated carbocycles. The second-order valence-corrected chi connectivity index (χ2v) is 4.76. The van der Waals surface area contributed by atoms with Crippen LogP contribution in [-0.2, 0) is 11.3 Å². The number of anilines is 1. The molecular weight excluding hydrogens is 256 g/mol. The number of nitrogens with one attached hydrogen (secondary N) is 1. The van der Waals surface area contributed by atoms with Crippen LogP contribution in [0.5, 0.6) is 5.75 Å². The highest BCUT2D eigenvalue weighted by Gasteiger charge is 2.21. The standard InChI is InChI=1S/C14H16N4O2/c15-14(19)9-18-8-10(7-16-18)17-12-5-6-20-13-4-2-1-3-11(12)13/h1-4,7-8,12,17H,5-6,9H2,(H2,15,19). The number of carbonyl (C=O) groups excluding carboxylic acids is 1. The van der Waals surface area contributed by atoms with Gasteiger partial charge in [0.1, 0.15) is 12.3 Å². The first-order valence-electron chi connectivity index (χ1n) is 6.51. The topological polar surface area (TPSA) is 82.2 Å². The SMILES string of the molecule is NC(=O)Cn1cc(NC2CCOc3ccccc32)cn1. The maximum absolute atomic E-state index is 10.9. The van der Waals surface area contributed by atoms with Crippen LogP contribution in [0.15, 0.2) is 36.7 Å².